The molecule has 9 heteroatoms. The summed E-state index contributed by atoms with van der Waals surface area (Å²) >= 11 is 0. The van der Waals surface area contributed by atoms with E-state index in [0.717, 1.165) is 54.6 Å². The number of hydrogen-bond acceptors (Lipinski definition) is 9. The number of ketones is 1. The van der Waals surface area contributed by atoms with E-state index in [9.17, 15) is 9.90 Å². The SMILES string of the molecule is COC1=CC2=C3C(Cc4cc(O)c(OC)c(c4)Oc4ccc(cc4)CC4c5cc6c(cc5CCN4C)OCC3(O6)C1=O)N(C)CC2. The molecule has 7 bridgehead atoms. The minimum Gasteiger partial charge on any atom is -0.504 e. The third kappa shape index (κ3) is 4.47. The van der Waals surface area contributed by atoms with Crippen molar-refractivity contribution in [2.45, 2.75) is 43.4 Å². The van der Waals surface area contributed by atoms with Gasteiger partial charge < -0.3 is 28.8 Å². The molecule has 5 heterocycles. The molecular weight excluding hydrogens is 584 g/mol. The zero-order chi connectivity index (χ0) is 31.7. The molecule has 9 nitrogen and oxygen atoms in total. The van der Waals surface area contributed by atoms with Crippen LogP contribution < -0.4 is 18.9 Å². The van der Waals surface area contributed by atoms with E-state index >= 15 is 0 Å². The van der Waals surface area contributed by atoms with E-state index in [1.807, 2.05) is 24.3 Å². The van der Waals surface area contributed by atoms with Gasteiger partial charge in [-0.3, -0.25) is 14.6 Å². The largest absolute Gasteiger partial charge is 0.504 e. The molecule has 3 unspecified atom stereocenters. The first kappa shape index (κ1) is 29.0. The standard InChI is InChI=1S/C37H38N2O7/c1-38-11-9-23-17-30-31-19-26(23)27(38)13-21-5-7-25(8-6-21)45-32-16-22(15-29(40)35(32)43-4)14-28-34-24(10-12-39(28)2)18-33(42-3)36(41)37(34,46-31)20-44-30/h5-8,15-19,27-28,40H,9-14,20H2,1-4H3. The Kier molecular flexibility index (Phi) is 6.81. The second-order valence-corrected chi connectivity index (χ2v) is 13.0. The topological polar surface area (TPSA) is 89.9 Å². The molecule has 0 radical (unpaired) electrons. The van der Waals surface area contributed by atoms with Crippen LogP contribution in [0.3, 0.4) is 0 Å². The molecule has 9 rings (SSSR count). The van der Waals surface area contributed by atoms with E-state index in [4.69, 9.17) is 23.7 Å². The Morgan fingerprint density at radius 1 is 0.870 bits per heavy atom. The van der Waals surface area contributed by atoms with E-state index in [-0.39, 0.29) is 41.7 Å². The molecule has 238 valence electrons. The van der Waals surface area contributed by atoms with Crippen molar-refractivity contribution in [3.8, 4) is 34.5 Å². The van der Waals surface area contributed by atoms with E-state index in [1.165, 1.54) is 25.3 Å². The summed E-state index contributed by atoms with van der Waals surface area (Å²) in [5.74, 6) is 2.58. The highest BCUT2D eigenvalue weighted by atomic mass is 16.6. The summed E-state index contributed by atoms with van der Waals surface area (Å²) in [5.41, 5.74) is 4.90. The Hall–Kier alpha value is -4.47. The molecule has 5 aliphatic heterocycles. The fourth-order valence-corrected chi connectivity index (χ4v) is 7.90. The van der Waals surface area contributed by atoms with Crippen LogP contribution in [-0.2, 0) is 28.8 Å². The number of phenols is 1. The first-order chi connectivity index (χ1) is 22.3. The van der Waals surface area contributed by atoms with Crippen molar-refractivity contribution in [3.05, 3.63) is 93.8 Å². The molecule has 0 fully saturated rings. The lowest BCUT2D eigenvalue weighted by Gasteiger charge is -2.48. The summed E-state index contributed by atoms with van der Waals surface area (Å²) in [7, 11) is 7.26. The fraction of sp³-hybridized carbons (Fsp3) is 0.378. The number of likely N-dealkylation sites (N-methyl/N-ethyl adjacent to an activating group) is 2. The van der Waals surface area contributed by atoms with Crippen LogP contribution in [0.25, 0.3) is 0 Å². The maximum absolute atomic E-state index is 14.4. The Morgan fingerprint density at radius 3 is 2.41 bits per heavy atom. The number of carbonyl (C=O) groups excluding carboxylic acids is 1. The number of ether oxygens (including phenoxy) is 5. The number of benzene rings is 3. The minimum atomic E-state index is -1.40. The molecule has 1 aliphatic carbocycles. The molecule has 3 aromatic rings. The van der Waals surface area contributed by atoms with Crippen LogP contribution in [0, 0.1) is 0 Å². The number of phenolic OH excluding ortho intramolecular Hbond substituents is 1. The molecular formula is C37H38N2O7. The van der Waals surface area contributed by atoms with Gasteiger partial charge in [0, 0.05) is 30.7 Å². The summed E-state index contributed by atoms with van der Waals surface area (Å²) < 4.78 is 31.1. The minimum absolute atomic E-state index is 0.0143. The predicted octanol–water partition coefficient (Wildman–Crippen LogP) is 5.14. The number of nitrogens with zero attached hydrogens (tertiary/aromatic N) is 2. The molecule has 46 heavy (non-hydrogen) atoms. The van der Waals surface area contributed by atoms with E-state index in [0.29, 0.717) is 29.4 Å². The zero-order valence-corrected chi connectivity index (χ0v) is 26.6. The third-order valence-corrected chi connectivity index (χ3v) is 10.3. The highest BCUT2D eigenvalue weighted by molar-refractivity contribution is 6.05. The van der Waals surface area contributed by atoms with Gasteiger partial charge in [0.15, 0.2) is 28.8 Å². The van der Waals surface area contributed by atoms with Crippen LogP contribution in [0.1, 0.15) is 34.7 Å². The van der Waals surface area contributed by atoms with Crippen molar-refractivity contribution in [1.29, 1.82) is 0 Å². The molecule has 6 aliphatic rings. The van der Waals surface area contributed by atoms with E-state index in [2.05, 4.69) is 48.2 Å². The van der Waals surface area contributed by atoms with Crippen LogP contribution in [0.2, 0.25) is 0 Å². The monoisotopic (exact) mass is 622 g/mol. The second-order valence-electron chi connectivity index (χ2n) is 13.0. The predicted molar refractivity (Wildman–Crippen MR) is 171 cm³/mol. The highest BCUT2D eigenvalue weighted by Crippen LogP contribution is 2.50. The number of aromatic hydroxyl groups is 1. The van der Waals surface area contributed by atoms with Gasteiger partial charge in [0.25, 0.3) is 0 Å². The zero-order valence-electron chi connectivity index (χ0n) is 26.6. The molecule has 0 aromatic heterocycles. The Bertz CT molecular complexity index is 1810. The number of methoxy groups -OCH3 is 2. The first-order valence-electron chi connectivity index (χ1n) is 15.9. The van der Waals surface area contributed by atoms with Gasteiger partial charge >= 0.3 is 0 Å². The van der Waals surface area contributed by atoms with E-state index in [1.54, 1.807) is 6.07 Å². The molecule has 3 aromatic carbocycles. The molecule has 0 saturated heterocycles. The molecule has 0 amide bonds. The number of carbonyl (C=O) groups is 1. The van der Waals surface area contributed by atoms with Gasteiger partial charge in [0.1, 0.15) is 12.4 Å². The van der Waals surface area contributed by atoms with Gasteiger partial charge in [0.05, 0.1) is 14.2 Å². The quantitative estimate of drug-likeness (QED) is 0.417. The van der Waals surface area contributed by atoms with Gasteiger partial charge in [-0.05, 0) is 110 Å². The summed E-state index contributed by atoms with van der Waals surface area (Å²) in [6, 6.07) is 15.8. The summed E-state index contributed by atoms with van der Waals surface area (Å²) in [5, 5.41) is 11.1. The lowest BCUT2D eigenvalue weighted by atomic mass is 9.72. The smallest absolute Gasteiger partial charge is 0.248 e. The molecule has 3 atom stereocenters. The Morgan fingerprint density at radius 2 is 1.63 bits per heavy atom. The average molecular weight is 623 g/mol. The lowest BCUT2D eigenvalue weighted by molar-refractivity contribution is -0.136. The molecule has 1 spiro atoms. The van der Waals surface area contributed by atoms with Gasteiger partial charge in [-0.25, -0.2) is 0 Å². The summed E-state index contributed by atoms with van der Waals surface area (Å²) in [6.07, 6.45) is 4.78. The van der Waals surface area contributed by atoms with Gasteiger partial charge in [0.2, 0.25) is 17.1 Å². The number of fused-ring (bicyclic) bond motifs is 2. The maximum Gasteiger partial charge on any atom is 0.248 e. The van der Waals surface area contributed by atoms with Crippen LogP contribution in [0.4, 0.5) is 0 Å². The van der Waals surface area contributed by atoms with Gasteiger partial charge in [-0.2, -0.15) is 0 Å². The normalized spacial score (nSPS) is 25.4. The van der Waals surface area contributed by atoms with E-state index < -0.39 is 5.60 Å². The number of hydrogen-bond donors (Lipinski definition) is 1. The van der Waals surface area contributed by atoms with Gasteiger partial charge in [-0.15, -0.1) is 0 Å². The number of rotatable bonds is 2. The first-order valence-corrected chi connectivity index (χ1v) is 15.9. The molecule has 1 N–H and O–H groups in total. The summed E-state index contributed by atoms with van der Waals surface area (Å²) in [6.45, 7) is 1.74. The maximum atomic E-state index is 14.4. The molecule has 0 saturated carbocycles. The van der Waals surface area contributed by atoms with Crippen LogP contribution in [-0.4, -0.2) is 80.3 Å². The van der Waals surface area contributed by atoms with Crippen molar-refractivity contribution in [2.75, 3.05) is 48.0 Å². The van der Waals surface area contributed by atoms with Crippen molar-refractivity contribution in [2.24, 2.45) is 0 Å². The average Bonchev–Trinajstić information content (AvgIpc) is 3.05. The number of Topliss-reactive ketones (excluding diaryl/α,β-unsaturated/α-hetero) is 1. The fourth-order valence-electron chi connectivity index (χ4n) is 7.90. The van der Waals surface area contributed by atoms with Crippen molar-refractivity contribution in [3.63, 3.8) is 0 Å². The van der Waals surface area contributed by atoms with Crippen LogP contribution >= 0.6 is 0 Å². The van der Waals surface area contributed by atoms with Crippen LogP contribution in [0.15, 0.2) is 71.5 Å². The van der Waals surface area contributed by atoms with Crippen LogP contribution in [0.5, 0.6) is 34.5 Å². The highest BCUT2D eigenvalue weighted by Gasteiger charge is 2.56. The van der Waals surface area contributed by atoms with Crippen molar-refractivity contribution >= 4 is 5.78 Å². The Balaban J connectivity index is 1.35. The Labute approximate surface area is 268 Å². The van der Waals surface area contributed by atoms with Gasteiger partial charge in [-0.1, -0.05) is 12.1 Å². The number of allylic oxidation sites excluding steroid dienone is 1. The second kappa shape index (κ2) is 10.8. The lowest BCUT2D eigenvalue weighted by Crippen LogP contribution is -2.61. The van der Waals surface area contributed by atoms with Crippen molar-refractivity contribution in [1.82, 2.24) is 9.80 Å². The third-order valence-electron chi connectivity index (χ3n) is 10.3. The van der Waals surface area contributed by atoms with Crippen molar-refractivity contribution < 1.29 is 33.6 Å². The summed E-state index contributed by atoms with van der Waals surface area (Å²) in [4.78, 5) is 19.0.